The Morgan fingerprint density at radius 2 is 1.69 bits per heavy atom. The third kappa shape index (κ3) is 4.59. The van der Waals surface area contributed by atoms with E-state index in [-0.39, 0.29) is 13.1 Å². The molecule has 6 nitrogen and oxygen atoms in total. The van der Waals surface area contributed by atoms with Crippen LogP contribution in [0.2, 0.25) is 0 Å². The number of aliphatic hydroxyl groups is 1. The molecule has 26 heavy (non-hydrogen) atoms. The Morgan fingerprint density at radius 1 is 0.962 bits per heavy atom. The highest BCUT2D eigenvalue weighted by atomic mass is 32.1. The first-order valence-electron chi connectivity index (χ1n) is 8.03. The zero-order chi connectivity index (χ0) is 18.4. The number of carbonyl (C=O) groups is 2. The van der Waals surface area contributed by atoms with Gasteiger partial charge in [0.05, 0.1) is 19.4 Å². The summed E-state index contributed by atoms with van der Waals surface area (Å²) in [4.78, 5) is 25.2. The first kappa shape index (κ1) is 17.9. The lowest BCUT2D eigenvalue weighted by molar-refractivity contribution is -0.139. The van der Waals surface area contributed by atoms with E-state index in [9.17, 15) is 14.7 Å². The van der Waals surface area contributed by atoms with Crippen molar-refractivity contribution in [2.24, 2.45) is 0 Å². The third-order valence-electron chi connectivity index (χ3n) is 3.70. The zero-order valence-electron chi connectivity index (χ0n) is 13.8. The normalized spacial score (nSPS) is 11.7. The number of hydrogen-bond acceptors (Lipinski definition) is 5. The van der Waals surface area contributed by atoms with E-state index in [0.29, 0.717) is 5.76 Å². The third-order valence-corrected chi connectivity index (χ3v) is 4.84. The number of benzene rings is 1. The fourth-order valence-corrected chi connectivity index (χ4v) is 3.31. The van der Waals surface area contributed by atoms with Crippen molar-refractivity contribution in [3.63, 3.8) is 0 Å². The molecular weight excluding hydrogens is 352 g/mol. The van der Waals surface area contributed by atoms with Crippen molar-refractivity contribution >= 4 is 23.2 Å². The number of aliphatic hydroxyl groups excluding tert-OH is 1. The van der Waals surface area contributed by atoms with E-state index < -0.39 is 17.9 Å². The molecule has 1 atom stereocenters. The molecule has 3 rings (SSSR count). The van der Waals surface area contributed by atoms with Gasteiger partial charge in [0, 0.05) is 9.75 Å². The summed E-state index contributed by atoms with van der Waals surface area (Å²) in [6, 6.07) is 16.4. The largest absolute Gasteiger partial charge is 0.467 e. The Kier molecular flexibility index (Phi) is 5.83. The summed E-state index contributed by atoms with van der Waals surface area (Å²) in [7, 11) is 0. The molecule has 7 heteroatoms. The molecule has 1 aromatic carbocycles. The van der Waals surface area contributed by atoms with E-state index in [1.165, 1.54) is 17.6 Å². The smallest absolute Gasteiger partial charge is 0.309 e. The topological polar surface area (TPSA) is 91.6 Å². The second kappa shape index (κ2) is 8.46. The number of amides is 2. The molecule has 134 valence electrons. The summed E-state index contributed by atoms with van der Waals surface area (Å²) in [5, 5.41) is 15.4. The van der Waals surface area contributed by atoms with Gasteiger partial charge in [-0.3, -0.25) is 9.59 Å². The molecule has 0 unspecified atom stereocenters. The van der Waals surface area contributed by atoms with Gasteiger partial charge < -0.3 is 20.2 Å². The van der Waals surface area contributed by atoms with Crippen LogP contribution in [-0.4, -0.2) is 16.9 Å². The zero-order valence-corrected chi connectivity index (χ0v) is 14.7. The number of nitrogens with one attached hydrogen (secondary N) is 2. The van der Waals surface area contributed by atoms with Gasteiger partial charge in [0.1, 0.15) is 11.9 Å². The van der Waals surface area contributed by atoms with E-state index in [1.54, 1.807) is 12.1 Å². The lowest BCUT2D eigenvalue weighted by atomic mass is 10.1. The van der Waals surface area contributed by atoms with E-state index in [1.807, 2.05) is 42.5 Å². The van der Waals surface area contributed by atoms with E-state index >= 15 is 0 Å². The van der Waals surface area contributed by atoms with Crippen molar-refractivity contribution in [3.8, 4) is 0 Å². The van der Waals surface area contributed by atoms with Crippen LogP contribution in [0.4, 0.5) is 0 Å². The fraction of sp³-hybridized carbons (Fsp3) is 0.158. The van der Waals surface area contributed by atoms with Crippen LogP contribution in [0.15, 0.2) is 65.3 Å². The maximum atomic E-state index is 11.8. The maximum Gasteiger partial charge on any atom is 0.309 e. The number of carbonyl (C=O) groups excluding carboxylic acids is 2. The average Bonchev–Trinajstić information content (AvgIpc) is 3.36. The molecule has 0 radical (unpaired) electrons. The minimum atomic E-state index is -0.720. The average molecular weight is 370 g/mol. The summed E-state index contributed by atoms with van der Waals surface area (Å²) in [6.07, 6.45) is 0.794. The molecule has 2 amide bonds. The number of rotatable bonds is 6. The van der Waals surface area contributed by atoms with Crippen molar-refractivity contribution in [1.82, 2.24) is 10.6 Å². The predicted molar refractivity (Wildman–Crippen MR) is 97.2 cm³/mol. The van der Waals surface area contributed by atoms with Crippen LogP contribution in [0, 0.1) is 0 Å². The minimum Gasteiger partial charge on any atom is -0.467 e. The van der Waals surface area contributed by atoms with E-state index in [4.69, 9.17) is 4.42 Å². The molecule has 2 aromatic heterocycles. The second-order valence-corrected chi connectivity index (χ2v) is 6.76. The monoisotopic (exact) mass is 370 g/mol. The summed E-state index contributed by atoms with van der Waals surface area (Å²) < 4.78 is 5.09. The van der Waals surface area contributed by atoms with Crippen LogP contribution in [-0.2, 0) is 22.7 Å². The lowest BCUT2D eigenvalue weighted by Crippen LogP contribution is -2.39. The van der Waals surface area contributed by atoms with Gasteiger partial charge in [-0.25, -0.2) is 0 Å². The highest BCUT2D eigenvalue weighted by Crippen LogP contribution is 2.28. The standard InChI is InChI=1S/C19H18N2O4S/c22-17(13-5-2-1-3-6-13)16-9-8-15(26-16)12-21-19(24)18(23)20-11-14-7-4-10-25-14/h1-10,17,22H,11-12H2,(H,20,23)(H,21,24)/t17-/m1/s1. The van der Waals surface area contributed by atoms with Crippen LogP contribution < -0.4 is 10.6 Å². The van der Waals surface area contributed by atoms with Crippen molar-refractivity contribution in [2.45, 2.75) is 19.2 Å². The molecule has 0 saturated heterocycles. The lowest BCUT2D eigenvalue weighted by Gasteiger charge is -2.08. The highest BCUT2D eigenvalue weighted by Gasteiger charge is 2.15. The number of hydrogen-bond donors (Lipinski definition) is 3. The molecule has 0 saturated carbocycles. The van der Waals surface area contributed by atoms with Crippen LogP contribution in [0.25, 0.3) is 0 Å². The predicted octanol–water partition coefficient (Wildman–Crippen LogP) is 2.36. The number of thiophene rings is 1. The highest BCUT2D eigenvalue weighted by molar-refractivity contribution is 7.12. The second-order valence-electron chi connectivity index (χ2n) is 5.56. The van der Waals surface area contributed by atoms with Gasteiger partial charge in [0.2, 0.25) is 0 Å². The van der Waals surface area contributed by atoms with Gasteiger partial charge in [-0.1, -0.05) is 30.3 Å². The van der Waals surface area contributed by atoms with Crippen molar-refractivity contribution in [3.05, 3.63) is 81.9 Å². The molecule has 3 N–H and O–H groups in total. The molecule has 0 aliphatic rings. The Morgan fingerprint density at radius 3 is 2.38 bits per heavy atom. The Balaban J connectivity index is 1.49. The van der Waals surface area contributed by atoms with Gasteiger partial charge in [-0.2, -0.15) is 0 Å². The Bertz CT molecular complexity index is 859. The first-order chi connectivity index (χ1) is 12.6. The molecule has 0 aliphatic heterocycles. The fourth-order valence-electron chi connectivity index (χ4n) is 2.34. The molecule has 0 aliphatic carbocycles. The Hall–Kier alpha value is -2.90. The Labute approximate surface area is 154 Å². The summed E-state index contributed by atoms with van der Waals surface area (Å²) >= 11 is 1.39. The van der Waals surface area contributed by atoms with E-state index in [2.05, 4.69) is 10.6 Å². The van der Waals surface area contributed by atoms with Crippen LogP contribution in [0.1, 0.15) is 27.2 Å². The van der Waals surface area contributed by atoms with Crippen molar-refractivity contribution in [2.75, 3.05) is 0 Å². The van der Waals surface area contributed by atoms with Crippen LogP contribution >= 0.6 is 11.3 Å². The van der Waals surface area contributed by atoms with Crippen LogP contribution in [0.3, 0.4) is 0 Å². The van der Waals surface area contributed by atoms with Crippen molar-refractivity contribution < 1.29 is 19.1 Å². The van der Waals surface area contributed by atoms with Crippen LogP contribution in [0.5, 0.6) is 0 Å². The SMILES string of the molecule is O=C(NCc1ccco1)C(=O)NCc1ccc([C@H](O)c2ccccc2)s1. The number of furan rings is 1. The maximum absolute atomic E-state index is 11.8. The molecule has 0 spiro atoms. The summed E-state index contributed by atoms with van der Waals surface area (Å²) in [6.45, 7) is 0.380. The van der Waals surface area contributed by atoms with Gasteiger partial charge in [-0.05, 0) is 29.8 Å². The van der Waals surface area contributed by atoms with Gasteiger partial charge >= 0.3 is 11.8 Å². The first-order valence-corrected chi connectivity index (χ1v) is 8.85. The minimum absolute atomic E-state index is 0.158. The van der Waals surface area contributed by atoms with Gasteiger partial charge in [-0.15, -0.1) is 11.3 Å². The molecular formula is C19H18N2O4S. The molecule has 3 aromatic rings. The summed E-state index contributed by atoms with van der Waals surface area (Å²) in [5.74, 6) is -0.860. The molecule has 2 heterocycles. The van der Waals surface area contributed by atoms with Gasteiger partial charge in [0.25, 0.3) is 0 Å². The van der Waals surface area contributed by atoms with E-state index in [0.717, 1.165) is 15.3 Å². The molecule has 0 fully saturated rings. The van der Waals surface area contributed by atoms with Crippen molar-refractivity contribution in [1.29, 1.82) is 0 Å². The molecule has 0 bridgehead atoms. The van der Waals surface area contributed by atoms with Gasteiger partial charge in [0.15, 0.2) is 0 Å². The summed E-state index contributed by atoms with van der Waals surface area (Å²) in [5.41, 5.74) is 0.808. The quantitative estimate of drug-likeness (QED) is 0.581.